The highest BCUT2D eigenvalue weighted by Crippen LogP contribution is 2.23. The second kappa shape index (κ2) is 8.84. The van der Waals surface area contributed by atoms with Gasteiger partial charge in [-0.15, -0.1) is 11.3 Å². The average Bonchev–Trinajstić information content (AvgIpc) is 3.08. The molecule has 0 spiro atoms. The minimum atomic E-state index is 0.114. The number of benzene rings is 1. The molecule has 1 aromatic heterocycles. The predicted octanol–water partition coefficient (Wildman–Crippen LogP) is 3.50. The van der Waals surface area contributed by atoms with Crippen LogP contribution in [0, 0.1) is 5.92 Å². The van der Waals surface area contributed by atoms with E-state index in [0.717, 1.165) is 35.8 Å². The smallest absolute Gasteiger partial charge is 0.228 e. The van der Waals surface area contributed by atoms with E-state index >= 15 is 0 Å². The van der Waals surface area contributed by atoms with Crippen LogP contribution >= 0.6 is 22.9 Å². The summed E-state index contributed by atoms with van der Waals surface area (Å²) in [7, 11) is 0. The number of rotatable bonds is 6. The molecule has 2 heterocycles. The minimum Gasteiger partial charge on any atom is -0.486 e. The number of likely N-dealkylation sites (tertiary alicyclic amines) is 1. The third kappa shape index (κ3) is 4.96. The minimum absolute atomic E-state index is 0.114. The highest BCUT2D eigenvalue weighted by atomic mass is 35.5. The molecule has 1 fully saturated rings. The molecule has 0 aliphatic carbocycles. The van der Waals surface area contributed by atoms with Crippen LogP contribution in [-0.2, 0) is 17.8 Å². The molecule has 1 aliphatic heterocycles. The van der Waals surface area contributed by atoms with Gasteiger partial charge in [0.05, 0.1) is 12.1 Å². The molecule has 1 aromatic carbocycles. The SMILES string of the molecule is CC1CCN(C(=O)Cc2csc(COc3ccc(Cl)cc3)n2)C(CN)C1. The lowest BCUT2D eigenvalue weighted by molar-refractivity contribution is -0.134. The van der Waals surface area contributed by atoms with Gasteiger partial charge in [-0.2, -0.15) is 0 Å². The maximum absolute atomic E-state index is 12.7. The number of halogens is 1. The zero-order valence-corrected chi connectivity index (χ0v) is 16.4. The highest BCUT2D eigenvalue weighted by Gasteiger charge is 2.29. The van der Waals surface area contributed by atoms with Gasteiger partial charge in [-0.3, -0.25) is 4.79 Å². The van der Waals surface area contributed by atoms with Gasteiger partial charge in [-0.1, -0.05) is 18.5 Å². The number of amides is 1. The van der Waals surface area contributed by atoms with Crippen LogP contribution in [0.2, 0.25) is 5.02 Å². The Morgan fingerprint density at radius 1 is 1.42 bits per heavy atom. The molecule has 140 valence electrons. The van der Waals surface area contributed by atoms with E-state index in [2.05, 4.69) is 11.9 Å². The molecule has 0 bridgehead atoms. The summed E-state index contributed by atoms with van der Waals surface area (Å²) in [6, 6.07) is 7.37. The van der Waals surface area contributed by atoms with E-state index in [1.165, 1.54) is 11.3 Å². The van der Waals surface area contributed by atoms with Crippen LogP contribution < -0.4 is 10.5 Å². The van der Waals surface area contributed by atoms with Gasteiger partial charge in [0.25, 0.3) is 0 Å². The lowest BCUT2D eigenvalue weighted by Gasteiger charge is -2.38. The first-order valence-electron chi connectivity index (χ1n) is 8.86. The van der Waals surface area contributed by atoms with Crippen LogP contribution in [0.3, 0.4) is 0 Å². The van der Waals surface area contributed by atoms with Crippen molar-refractivity contribution in [2.75, 3.05) is 13.1 Å². The number of piperidine rings is 1. The molecule has 5 nitrogen and oxygen atoms in total. The Morgan fingerprint density at radius 3 is 2.92 bits per heavy atom. The van der Waals surface area contributed by atoms with E-state index in [-0.39, 0.29) is 11.9 Å². The van der Waals surface area contributed by atoms with Crippen molar-refractivity contribution in [1.29, 1.82) is 0 Å². The number of nitrogens with zero attached hydrogens (tertiary/aromatic N) is 2. The summed E-state index contributed by atoms with van der Waals surface area (Å²) in [5, 5.41) is 3.46. The summed E-state index contributed by atoms with van der Waals surface area (Å²) in [6.45, 7) is 3.91. The van der Waals surface area contributed by atoms with Crippen molar-refractivity contribution in [2.24, 2.45) is 11.7 Å². The van der Waals surface area contributed by atoms with Gasteiger partial charge in [-0.05, 0) is 43.0 Å². The van der Waals surface area contributed by atoms with Gasteiger partial charge in [0.2, 0.25) is 5.91 Å². The van der Waals surface area contributed by atoms with Crippen molar-refractivity contribution in [3.8, 4) is 5.75 Å². The van der Waals surface area contributed by atoms with Crippen molar-refractivity contribution in [2.45, 2.75) is 38.8 Å². The number of nitrogens with two attached hydrogens (primary N) is 1. The van der Waals surface area contributed by atoms with E-state index in [9.17, 15) is 4.79 Å². The largest absolute Gasteiger partial charge is 0.486 e. The van der Waals surface area contributed by atoms with E-state index in [1.807, 2.05) is 22.4 Å². The molecule has 1 amide bonds. The Kier molecular flexibility index (Phi) is 6.51. The molecule has 1 aliphatic rings. The fraction of sp³-hybridized carbons (Fsp3) is 0.474. The predicted molar refractivity (Wildman–Crippen MR) is 105 cm³/mol. The Balaban J connectivity index is 1.54. The van der Waals surface area contributed by atoms with Crippen LogP contribution in [0.1, 0.15) is 30.5 Å². The fourth-order valence-corrected chi connectivity index (χ4v) is 4.06. The highest BCUT2D eigenvalue weighted by molar-refractivity contribution is 7.09. The molecule has 7 heteroatoms. The number of carbonyl (C=O) groups excluding carboxylic acids is 1. The van der Waals surface area contributed by atoms with Crippen molar-refractivity contribution >= 4 is 28.8 Å². The molecular weight excluding hydrogens is 370 g/mol. The molecule has 2 unspecified atom stereocenters. The van der Waals surface area contributed by atoms with Crippen molar-refractivity contribution < 1.29 is 9.53 Å². The van der Waals surface area contributed by atoms with E-state index in [4.69, 9.17) is 22.1 Å². The fourth-order valence-electron chi connectivity index (χ4n) is 3.23. The third-order valence-corrected chi connectivity index (χ3v) is 5.80. The standard InChI is InChI=1S/C19H24ClN3O2S/c1-13-6-7-23(16(8-13)10-21)19(24)9-15-12-26-18(22-15)11-25-17-4-2-14(20)3-5-17/h2-5,12-13,16H,6-11,21H2,1H3. The van der Waals surface area contributed by atoms with Crippen molar-refractivity contribution in [3.63, 3.8) is 0 Å². The maximum atomic E-state index is 12.7. The zero-order valence-electron chi connectivity index (χ0n) is 14.9. The van der Waals surface area contributed by atoms with E-state index in [1.54, 1.807) is 12.1 Å². The summed E-state index contributed by atoms with van der Waals surface area (Å²) in [4.78, 5) is 19.1. The third-order valence-electron chi connectivity index (χ3n) is 4.68. The van der Waals surface area contributed by atoms with Crippen molar-refractivity contribution in [3.05, 3.63) is 45.4 Å². The number of hydrogen-bond donors (Lipinski definition) is 1. The van der Waals surface area contributed by atoms with Gasteiger partial charge in [0, 0.05) is 29.5 Å². The summed E-state index contributed by atoms with van der Waals surface area (Å²) in [6.07, 6.45) is 2.35. The molecule has 0 saturated carbocycles. The maximum Gasteiger partial charge on any atom is 0.228 e. The van der Waals surface area contributed by atoms with Gasteiger partial charge in [0.15, 0.2) is 0 Å². The molecule has 2 aromatic rings. The molecule has 2 N–H and O–H groups in total. The van der Waals surface area contributed by atoms with Gasteiger partial charge in [0.1, 0.15) is 17.4 Å². The first kappa shape index (κ1) is 19.1. The Morgan fingerprint density at radius 2 is 2.19 bits per heavy atom. The lowest BCUT2D eigenvalue weighted by Crippen LogP contribution is -2.49. The van der Waals surface area contributed by atoms with Crippen LogP contribution in [0.25, 0.3) is 0 Å². The van der Waals surface area contributed by atoms with Gasteiger partial charge < -0.3 is 15.4 Å². The molecular formula is C19H24ClN3O2S. The molecule has 26 heavy (non-hydrogen) atoms. The van der Waals surface area contributed by atoms with Crippen LogP contribution in [-0.4, -0.2) is 34.9 Å². The topological polar surface area (TPSA) is 68.5 Å². The first-order valence-corrected chi connectivity index (χ1v) is 10.1. The molecule has 3 rings (SSSR count). The second-order valence-electron chi connectivity index (χ2n) is 6.76. The average molecular weight is 394 g/mol. The lowest BCUT2D eigenvalue weighted by atomic mass is 9.92. The molecule has 1 saturated heterocycles. The molecule has 2 atom stereocenters. The van der Waals surface area contributed by atoms with E-state index < -0.39 is 0 Å². The summed E-state index contributed by atoms with van der Waals surface area (Å²) in [5.74, 6) is 1.49. The summed E-state index contributed by atoms with van der Waals surface area (Å²) >= 11 is 7.37. The van der Waals surface area contributed by atoms with Crippen molar-refractivity contribution in [1.82, 2.24) is 9.88 Å². The zero-order chi connectivity index (χ0) is 18.5. The van der Waals surface area contributed by atoms with E-state index in [0.29, 0.717) is 30.5 Å². The number of aromatic nitrogens is 1. The second-order valence-corrected chi connectivity index (χ2v) is 8.14. The number of ether oxygens (including phenoxy) is 1. The summed E-state index contributed by atoms with van der Waals surface area (Å²) < 4.78 is 5.71. The number of carbonyl (C=O) groups is 1. The number of thiazole rings is 1. The number of hydrogen-bond acceptors (Lipinski definition) is 5. The van der Waals surface area contributed by atoms with Gasteiger partial charge in [-0.25, -0.2) is 4.98 Å². The van der Waals surface area contributed by atoms with Crippen LogP contribution in [0.15, 0.2) is 29.6 Å². The normalized spacial score (nSPS) is 20.2. The monoisotopic (exact) mass is 393 g/mol. The first-order chi connectivity index (χ1) is 12.5. The van der Waals surface area contributed by atoms with Crippen LogP contribution in [0.4, 0.5) is 0 Å². The van der Waals surface area contributed by atoms with Crippen LogP contribution in [0.5, 0.6) is 5.75 Å². The Hall–Kier alpha value is -1.63. The Labute approximate surface area is 163 Å². The quantitative estimate of drug-likeness (QED) is 0.815. The Bertz CT molecular complexity index is 735. The molecule has 0 radical (unpaired) electrons. The summed E-state index contributed by atoms with van der Waals surface area (Å²) in [5.41, 5.74) is 6.66. The van der Waals surface area contributed by atoms with Gasteiger partial charge >= 0.3 is 0 Å².